The summed E-state index contributed by atoms with van der Waals surface area (Å²) in [7, 11) is 0. The van der Waals surface area contributed by atoms with Gasteiger partial charge in [-0.3, -0.25) is 9.20 Å². The van der Waals surface area contributed by atoms with Crippen LogP contribution in [-0.2, 0) is 5.75 Å². The molecule has 0 radical (unpaired) electrons. The third-order valence-electron chi connectivity index (χ3n) is 3.96. The van der Waals surface area contributed by atoms with Gasteiger partial charge < -0.3 is 5.84 Å². The second-order valence-electron chi connectivity index (χ2n) is 6.00. The van der Waals surface area contributed by atoms with Crippen LogP contribution in [0.5, 0.6) is 0 Å². The van der Waals surface area contributed by atoms with Gasteiger partial charge in [-0.05, 0) is 30.7 Å². The number of nitrogen functional groups attached to an aromatic ring is 1. The normalized spacial score (nSPS) is 11.2. The molecule has 0 atom stereocenters. The molecule has 27 heavy (non-hydrogen) atoms. The Hall–Kier alpha value is -2.84. The van der Waals surface area contributed by atoms with Gasteiger partial charge in [-0.1, -0.05) is 41.6 Å². The number of nitrogens with two attached hydrogens (primary N) is 1. The zero-order valence-electron chi connectivity index (χ0n) is 14.3. The van der Waals surface area contributed by atoms with Crippen LogP contribution in [0.3, 0.4) is 0 Å². The standard InChI is InChI=1S/C18H15ClN6OS/c1-11-5-6-15-21-14(8-16(26)24(15)9-11)10-27-18-23-22-17(25(18)20)12-3-2-4-13(19)7-12/h2-9H,10,20H2,1H3. The van der Waals surface area contributed by atoms with Crippen molar-refractivity contribution in [3.05, 3.63) is 75.3 Å². The Morgan fingerprint density at radius 2 is 2.04 bits per heavy atom. The van der Waals surface area contributed by atoms with Crippen LogP contribution < -0.4 is 11.4 Å². The predicted octanol–water partition coefficient (Wildman–Crippen LogP) is 2.92. The van der Waals surface area contributed by atoms with Gasteiger partial charge in [0.2, 0.25) is 5.16 Å². The van der Waals surface area contributed by atoms with E-state index in [2.05, 4.69) is 15.2 Å². The van der Waals surface area contributed by atoms with Crippen LogP contribution in [0.1, 0.15) is 11.3 Å². The van der Waals surface area contributed by atoms with Crippen molar-refractivity contribution < 1.29 is 0 Å². The average Bonchev–Trinajstić information content (AvgIpc) is 3.01. The van der Waals surface area contributed by atoms with E-state index in [1.165, 1.54) is 26.9 Å². The van der Waals surface area contributed by atoms with Gasteiger partial charge in [0, 0.05) is 28.6 Å². The van der Waals surface area contributed by atoms with Gasteiger partial charge in [0.15, 0.2) is 5.82 Å². The topological polar surface area (TPSA) is 91.1 Å². The largest absolute Gasteiger partial charge is 0.335 e. The van der Waals surface area contributed by atoms with E-state index in [-0.39, 0.29) is 5.56 Å². The van der Waals surface area contributed by atoms with E-state index in [1.807, 2.05) is 31.2 Å². The summed E-state index contributed by atoms with van der Waals surface area (Å²) in [5, 5.41) is 9.39. The fourth-order valence-corrected chi connectivity index (χ4v) is 3.61. The molecular formula is C18H15ClN6OS. The molecule has 0 aliphatic carbocycles. The van der Waals surface area contributed by atoms with E-state index in [1.54, 1.807) is 18.3 Å². The number of halogens is 1. The number of hydrogen-bond donors (Lipinski definition) is 1. The SMILES string of the molecule is Cc1ccc2nc(CSc3nnc(-c4cccc(Cl)c4)n3N)cc(=O)n2c1. The molecule has 0 aliphatic heterocycles. The number of fused-ring (bicyclic) bond motifs is 1. The highest BCUT2D eigenvalue weighted by Crippen LogP contribution is 2.25. The van der Waals surface area contributed by atoms with Crippen LogP contribution in [0, 0.1) is 6.92 Å². The highest BCUT2D eigenvalue weighted by Gasteiger charge is 2.13. The molecule has 0 unspecified atom stereocenters. The zero-order chi connectivity index (χ0) is 19.0. The molecule has 4 rings (SSSR count). The Kier molecular flexibility index (Phi) is 4.59. The van der Waals surface area contributed by atoms with Crippen molar-refractivity contribution in [2.24, 2.45) is 0 Å². The number of aryl methyl sites for hydroxylation is 1. The predicted molar refractivity (Wildman–Crippen MR) is 106 cm³/mol. The van der Waals surface area contributed by atoms with E-state index >= 15 is 0 Å². The van der Waals surface area contributed by atoms with E-state index < -0.39 is 0 Å². The van der Waals surface area contributed by atoms with Gasteiger partial charge in [0.1, 0.15) is 5.65 Å². The fourth-order valence-electron chi connectivity index (χ4n) is 2.67. The van der Waals surface area contributed by atoms with Crippen LogP contribution in [-0.4, -0.2) is 24.3 Å². The number of pyridine rings is 1. The van der Waals surface area contributed by atoms with E-state index in [9.17, 15) is 4.79 Å². The summed E-state index contributed by atoms with van der Waals surface area (Å²) in [5.41, 5.74) is 2.92. The number of benzene rings is 1. The van der Waals surface area contributed by atoms with Gasteiger partial charge in [0.05, 0.1) is 5.69 Å². The Morgan fingerprint density at radius 3 is 2.85 bits per heavy atom. The van der Waals surface area contributed by atoms with Crippen molar-refractivity contribution >= 4 is 29.0 Å². The summed E-state index contributed by atoms with van der Waals surface area (Å²) in [5.74, 6) is 7.09. The smallest absolute Gasteiger partial charge is 0.258 e. The first-order valence-corrected chi connectivity index (χ1v) is 9.46. The maximum atomic E-state index is 12.3. The third kappa shape index (κ3) is 3.54. The maximum Gasteiger partial charge on any atom is 0.258 e. The Labute approximate surface area is 163 Å². The molecule has 7 nitrogen and oxygen atoms in total. The molecule has 0 aliphatic rings. The number of hydrogen-bond acceptors (Lipinski definition) is 6. The lowest BCUT2D eigenvalue weighted by Crippen LogP contribution is -2.15. The van der Waals surface area contributed by atoms with E-state index in [4.69, 9.17) is 17.4 Å². The molecule has 0 fully saturated rings. The van der Waals surface area contributed by atoms with Crippen molar-refractivity contribution in [2.75, 3.05) is 5.84 Å². The monoisotopic (exact) mass is 398 g/mol. The summed E-state index contributed by atoms with van der Waals surface area (Å²) in [6.07, 6.45) is 1.77. The van der Waals surface area contributed by atoms with Gasteiger partial charge in [0.25, 0.3) is 5.56 Å². The third-order valence-corrected chi connectivity index (χ3v) is 5.17. The summed E-state index contributed by atoms with van der Waals surface area (Å²) in [6.45, 7) is 1.93. The number of aromatic nitrogens is 5. The lowest BCUT2D eigenvalue weighted by atomic mass is 10.2. The molecule has 0 amide bonds. The fraction of sp³-hybridized carbons (Fsp3) is 0.111. The van der Waals surface area contributed by atoms with Gasteiger partial charge >= 0.3 is 0 Å². The van der Waals surface area contributed by atoms with Crippen LogP contribution in [0.4, 0.5) is 0 Å². The Bertz CT molecular complexity index is 1200. The highest BCUT2D eigenvalue weighted by molar-refractivity contribution is 7.98. The van der Waals surface area contributed by atoms with Crippen LogP contribution in [0.15, 0.2) is 58.6 Å². The van der Waals surface area contributed by atoms with Gasteiger partial charge in [-0.15, -0.1) is 10.2 Å². The van der Waals surface area contributed by atoms with Gasteiger partial charge in [-0.25, -0.2) is 9.66 Å². The molecule has 0 saturated heterocycles. The molecule has 0 saturated carbocycles. The Morgan fingerprint density at radius 1 is 1.19 bits per heavy atom. The lowest BCUT2D eigenvalue weighted by Gasteiger charge is -2.06. The number of thioether (sulfide) groups is 1. The minimum atomic E-state index is -0.117. The molecule has 136 valence electrons. The second kappa shape index (κ2) is 7.05. The second-order valence-corrected chi connectivity index (χ2v) is 7.37. The first-order chi connectivity index (χ1) is 13.0. The summed E-state index contributed by atoms with van der Waals surface area (Å²) >= 11 is 7.38. The molecule has 3 aromatic heterocycles. The summed E-state index contributed by atoms with van der Waals surface area (Å²) < 4.78 is 2.94. The molecular weight excluding hydrogens is 384 g/mol. The first kappa shape index (κ1) is 17.6. The van der Waals surface area contributed by atoms with Crippen LogP contribution in [0.25, 0.3) is 17.0 Å². The van der Waals surface area contributed by atoms with E-state index in [0.29, 0.717) is 33.1 Å². The van der Waals surface area contributed by atoms with Crippen molar-refractivity contribution in [1.29, 1.82) is 0 Å². The van der Waals surface area contributed by atoms with Crippen molar-refractivity contribution in [3.8, 4) is 11.4 Å². The molecule has 1 aromatic carbocycles. The molecule has 2 N–H and O–H groups in total. The summed E-state index contributed by atoms with van der Waals surface area (Å²) in [4.78, 5) is 16.8. The number of rotatable bonds is 4. The van der Waals surface area contributed by atoms with Crippen molar-refractivity contribution in [2.45, 2.75) is 17.8 Å². The van der Waals surface area contributed by atoms with Crippen LogP contribution in [0.2, 0.25) is 5.02 Å². The van der Waals surface area contributed by atoms with Crippen LogP contribution >= 0.6 is 23.4 Å². The summed E-state index contributed by atoms with van der Waals surface area (Å²) in [6, 6.07) is 12.5. The molecule has 0 spiro atoms. The first-order valence-electron chi connectivity index (χ1n) is 8.09. The molecule has 4 aromatic rings. The highest BCUT2D eigenvalue weighted by atomic mass is 35.5. The van der Waals surface area contributed by atoms with Crippen molar-refractivity contribution in [1.82, 2.24) is 24.3 Å². The minimum absolute atomic E-state index is 0.117. The lowest BCUT2D eigenvalue weighted by molar-refractivity contribution is 0.848. The van der Waals surface area contributed by atoms with E-state index in [0.717, 1.165) is 11.1 Å². The quantitative estimate of drug-likeness (QED) is 0.420. The van der Waals surface area contributed by atoms with Gasteiger partial charge in [-0.2, -0.15) is 0 Å². The zero-order valence-corrected chi connectivity index (χ0v) is 15.9. The maximum absolute atomic E-state index is 12.3. The minimum Gasteiger partial charge on any atom is -0.335 e. The van der Waals surface area contributed by atoms with Crippen molar-refractivity contribution in [3.63, 3.8) is 0 Å². The number of nitrogens with zero attached hydrogens (tertiary/aromatic N) is 5. The average molecular weight is 399 g/mol. The molecule has 9 heteroatoms. The Balaban J connectivity index is 1.58. The molecule has 0 bridgehead atoms. The molecule has 3 heterocycles.